The van der Waals surface area contributed by atoms with Gasteiger partial charge in [0.2, 0.25) is 0 Å². The van der Waals surface area contributed by atoms with Crippen molar-refractivity contribution in [1.29, 1.82) is 0 Å². The van der Waals surface area contributed by atoms with E-state index in [2.05, 4.69) is 5.32 Å². The van der Waals surface area contributed by atoms with E-state index in [0.717, 1.165) is 11.1 Å². The Morgan fingerprint density at radius 1 is 0.903 bits per heavy atom. The molecule has 156 valence electrons. The smallest absolute Gasteiger partial charge is 0.282 e. The number of ether oxygens (including phenoxy) is 1. The first kappa shape index (κ1) is 20.7. The van der Waals surface area contributed by atoms with Crippen LogP contribution in [0.1, 0.15) is 16.7 Å². The molecule has 2 amide bonds. The topological polar surface area (TPSA) is 58.6 Å². The molecule has 0 aliphatic carbocycles. The number of amides is 2. The number of halogens is 1. The second-order valence-electron chi connectivity index (χ2n) is 7.35. The average Bonchev–Trinajstić information content (AvgIpc) is 2.99. The molecule has 4 rings (SSSR count). The number of imide groups is 1. The molecule has 6 heteroatoms. The van der Waals surface area contributed by atoms with Crippen LogP contribution in [0.3, 0.4) is 0 Å². The van der Waals surface area contributed by atoms with Crippen molar-refractivity contribution < 1.29 is 14.3 Å². The third-order valence-corrected chi connectivity index (χ3v) is 5.41. The van der Waals surface area contributed by atoms with Crippen molar-refractivity contribution in [2.75, 3.05) is 17.3 Å². The van der Waals surface area contributed by atoms with Gasteiger partial charge in [0.15, 0.2) is 0 Å². The highest BCUT2D eigenvalue weighted by molar-refractivity contribution is 6.46. The molecular weight excluding hydrogens is 412 g/mol. The number of benzene rings is 3. The largest absolute Gasteiger partial charge is 0.497 e. The molecule has 0 radical (unpaired) electrons. The van der Waals surface area contributed by atoms with Gasteiger partial charge in [-0.3, -0.25) is 9.59 Å². The van der Waals surface area contributed by atoms with Crippen LogP contribution in [0.15, 0.2) is 72.4 Å². The van der Waals surface area contributed by atoms with Gasteiger partial charge in [-0.25, -0.2) is 4.90 Å². The number of aryl methyl sites for hydroxylation is 2. The number of anilines is 2. The van der Waals surface area contributed by atoms with Crippen LogP contribution < -0.4 is 15.0 Å². The Labute approximate surface area is 185 Å². The predicted octanol–water partition coefficient (Wildman–Crippen LogP) is 5.36. The van der Waals surface area contributed by atoms with Gasteiger partial charge in [-0.2, -0.15) is 0 Å². The van der Waals surface area contributed by atoms with Gasteiger partial charge < -0.3 is 10.1 Å². The lowest BCUT2D eigenvalue weighted by atomic mass is 9.97. The minimum atomic E-state index is -0.426. The van der Waals surface area contributed by atoms with E-state index in [1.54, 1.807) is 37.4 Å². The third-order valence-electron chi connectivity index (χ3n) is 5.16. The number of methoxy groups -OCH3 is 1. The number of carbonyl (C=O) groups is 2. The molecule has 3 aromatic rings. The van der Waals surface area contributed by atoms with Crippen LogP contribution in [-0.2, 0) is 9.59 Å². The molecule has 0 aromatic heterocycles. The van der Waals surface area contributed by atoms with Crippen LogP contribution in [-0.4, -0.2) is 18.9 Å². The second-order valence-corrected chi connectivity index (χ2v) is 7.78. The minimum absolute atomic E-state index is 0.222. The van der Waals surface area contributed by atoms with Crippen molar-refractivity contribution in [3.8, 4) is 5.75 Å². The number of hydrogen-bond donors (Lipinski definition) is 1. The lowest BCUT2D eigenvalue weighted by Crippen LogP contribution is -2.32. The second kappa shape index (κ2) is 8.28. The molecule has 0 spiro atoms. The van der Waals surface area contributed by atoms with Gasteiger partial charge >= 0.3 is 0 Å². The summed E-state index contributed by atoms with van der Waals surface area (Å²) in [6.07, 6.45) is 0. The number of nitrogens with one attached hydrogen (secondary N) is 1. The predicted molar refractivity (Wildman–Crippen MR) is 123 cm³/mol. The van der Waals surface area contributed by atoms with E-state index in [-0.39, 0.29) is 11.6 Å². The Morgan fingerprint density at radius 2 is 1.65 bits per heavy atom. The highest BCUT2D eigenvalue weighted by Crippen LogP contribution is 2.36. The van der Waals surface area contributed by atoms with E-state index in [1.165, 1.54) is 4.90 Å². The summed E-state index contributed by atoms with van der Waals surface area (Å²) < 4.78 is 5.28. The monoisotopic (exact) mass is 432 g/mol. The zero-order valence-electron chi connectivity index (χ0n) is 17.4. The first-order valence-electron chi connectivity index (χ1n) is 9.76. The summed E-state index contributed by atoms with van der Waals surface area (Å²) in [4.78, 5) is 28.1. The fraction of sp³-hybridized carbons (Fsp3) is 0.120. The quantitative estimate of drug-likeness (QED) is 0.551. The summed E-state index contributed by atoms with van der Waals surface area (Å²) in [6.45, 7) is 3.92. The fourth-order valence-electron chi connectivity index (χ4n) is 3.66. The van der Waals surface area contributed by atoms with Gasteiger partial charge in [0, 0.05) is 16.8 Å². The first-order valence-corrected chi connectivity index (χ1v) is 10.1. The van der Waals surface area contributed by atoms with Gasteiger partial charge in [-0.15, -0.1) is 0 Å². The molecule has 0 atom stereocenters. The van der Waals surface area contributed by atoms with Crippen molar-refractivity contribution in [2.24, 2.45) is 0 Å². The Hall–Kier alpha value is -3.57. The molecule has 0 saturated carbocycles. The summed E-state index contributed by atoms with van der Waals surface area (Å²) in [6, 6.07) is 19.7. The van der Waals surface area contributed by atoms with Gasteiger partial charge in [0.05, 0.1) is 18.4 Å². The molecule has 1 N–H and O–H groups in total. The van der Waals surface area contributed by atoms with E-state index in [4.69, 9.17) is 16.3 Å². The number of nitrogens with zero attached hydrogens (tertiary/aromatic N) is 1. The van der Waals surface area contributed by atoms with E-state index < -0.39 is 5.91 Å². The van der Waals surface area contributed by atoms with E-state index in [0.29, 0.717) is 33.3 Å². The fourth-order valence-corrected chi connectivity index (χ4v) is 3.79. The Morgan fingerprint density at radius 3 is 2.32 bits per heavy atom. The molecular formula is C25H21ClN2O3. The average molecular weight is 433 g/mol. The van der Waals surface area contributed by atoms with E-state index in [9.17, 15) is 9.59 Å². The van der Waals surface area contributed by atoms with Crippen LogP contribution in [0.2, 0.25) is 5.02 Å². The van der Waals surface area contributed by atoms with Crippen LogP contribution in [0.5, 0.6) is 5.75 Å². The molecule has 0 fully saturated rings. The minimum Gasteiger partial charge on any atom is -0.497 e. The number of carbonyl (C=O) groups excluding carboxylic acids is 2. The molecule has 1 aliphatic heterocycles. The zero-order chi connectivity index (χ0) is 22.1. The van der Waals surface area contributed by atoms with Crippen molar-refractivity contribution in [1.82, 2.24) is 0 Å². The molecule has 1 aliphatic rings. The summed E-state index contributed by atoms with van der Waals surface area (Å²) in [5, 5.41) is 3.69. The highest BCUT2D eigenvalue weighted by atomic mass is 35.5. The van der Waals surface area contributed by atoms with Crippen LogP contribution >= 0.6 is 11.6 Å². The molecule has 31 heavy (non-hydrogen) atoms. The van der Waals surface area contributed by atoms with Gasteiger partial charge in [-0.1, -0.05) is 41.4 Å². The van der Waals surface area contributed by atoms with Gasteiger partial charge in [0.1, 0.15) is 11.4 Å². The third kappa shape index (κ3) is 3.92. The first-order chi connectivity index (χ1) is 14.9. The van der Waals surface area contributed by atoms with Crippen molar-refractivity contribution in [3.63, 3.8) is 0 Å². The molecule has 5 nitrogen and oxygen atoms in total. The zero-order valence-corrected chi connectivity index (χ0v) is 18.2. The Balaban J connectivity index is 1.85. The SMILES string of the molecule is COc1cccc(NC2=C(c3ccc(C)cc3C)C(=O)N(c3ccc(Cl)cc3)C2=O)c1. The Kier molecular flexibility index (Phi) is 5.53. The Bertz CT molecular complexity index is 1220. The van der Waals surface area contributed by atoms with Crippen LogP contribution in [0.25, 0.3) is 5.57 Å². The lowest BCUT2D eigenvalue weighted by Gasteiger charge is -2.15. The molecule has 0 unspecified atom stereocenters. The van der Waals surface area contributed by atoms with Crippen LogP contribution in [0.4, 0.5) is 11.4 Å². The molecule has 1 heterocycles. The molecule has 3 aromatic carbocycles. The summed E-state index contributed by atoms with van der Waals surface area (Å²) in [7, 11) is 1.58. The van der Waals surface area contributed by atoms with Gasteiger partial charge in [0.25, 0.3) is 11.8 Å². The van der Waals surface area contributed by atoms with Crippen molar-refractivity contribution in [2.45, 2.75) is 13.8 Å². The maximum Gasteiger partial charge on any atom is 0.282 e. The van der Waals surface area contributed by atoms with Crippen molar-refractivity contribution in [3.05, 3.63) is 94.1 Å². The maximum atomic E-state index is 13.5. The normalized spacial score (nSPS) is 13.7. The lowest BCUT2D eigenvalue weighted by molar-refractivity contribution is -0.120. The number of rotatable bonds is 5. The van der Waals surface area contributed by atoms with E-state index >= 15 is 0 Å². The summed E-state index contributed by atoms with van der Waals surface area (Å²) >= 11 is 5.99. The molecule has 0 bridgehead atoms. The van der Waals surface area contributed by atoms with Crippen LogP contribution in [0, 0.1) is 13.8 Å². The van der Waals surface area contributed by atoms with E-state index in [1.807, 2.05) is 50.2 Å². The summed E-state index contributed by atoms with van der Waals surface area (Å²) in [5.41, 5.74) is 4.38. The maximum absolute atomic E-state index is 13.5. The molecule has 0 saturated heterocycles. The summed E-state index contributed by atoms with van der Waals surface area (Å²) in [5.74, 6) is -0.167. The van der Waals surface area contributed by atoms with Crippen molar-refractivity contribution >= 4 is 40.4 Å². The standard InChI is InChI=1S/C25H21ClN2O3/c1-15-7-12-21(16(2)13-15)22-23(27-18-5-4-6-20(14-18)31-3)25(30)28(24(22)29)19-10-8-17(26)9-11-19/h4-14,27H,1-3H3. The van der Waals surface area contributed by atoms with Gasteiger partial charge in [-0.05, 0) is 61.4 Å². The number of hydrogen-bond acceptors (Lipinski definition) is 4. The highest BCUT2D eigenvalue weighted by Gasteiger charge is 2.40.